The predicted molar refractivity (Wildman–Crippen MR) is 109 cm³/mol. The number of carbonyl (C=O) groups excluding carboxylic acids is 3. The van der Waals surface area contributed by atoms with Crippen molar-refractivity contribution < 1.29 is 28.3 Å². The number of nitrogens with one attached hydrogen (secondary N) is 1. The molecule has 0 aliphatic heterocycles. The van der Waals surface area contributed by atoms with Gasteiger partial charge in [0.25, 0.3) is 5.22 Å². The average molecular weight is 447 g/mol. The predicted octanol–water partition coefficient (Wildman–Crippen LogP) is 1.62. The van der Waals surface area contributed by atoms with Crippen LogP contribution in [0, 0.1) is 11.3 Å². The Balaban J connectivity index is 1.81. The summed E-state index contributed by atoms with van der Waals surface area (Å²) in [7, 11) is 0. The van der Waals surface area contributed by atoms with Crippen molar-refractivity contribution in [2.24, 2.45) is 5.73 Å². The van der Waals surface area contributed by atoms with E-state index >= 15 is 0 Å². The van der Waals surface area contributed by atoms with Gasteiger partial charge in [0.1, 0.15) is 11.8 Å². The number of benzene rings is 1. The van der Waals surface area contributed by atoms with Crippen LogP contribution in [0.2, 0.25) is 0 Å². The molecule has 0 saturated heterocycles. The van der Waals surface area contributed by atoms with Gasteiger partial charge in [0, 0.05) is 12.1 Å². The van der Waals surface area contributed by atoms with E-state index in [2.05, 4.69) is 15.5 Å². The van der Waals surface area contributed by atoms with Crippen LogP contribution >= 0.6 is 11.8 Å². The van der Waals surface area contributed by atoms with Crippen molar-refractivity contribution in [3.63, 3.8) is 0 Å². The van der Waals surface area contributed by atoms with Gasteiger partial charge in [-0.15, -0.1) is 10.2 Å². The van der Waals surface area contributed by atoms with Gasteiger partial charge in [0.05, 0.1) is 18.2 Å². The molecular weight excluding hydrogens is 426 g/mol. The molecule has 0 radical (unpaired) electrons. The van der Waals surface area contributed by atoms with Gasteiger partial charge >= 0.3 is 18.0 Å². The fraction of sp³-hybridized carbons (Fsp3) is 0.368. The van der Waals surface area contributed by atoms with E-state index in [1.807, 2.05) is 13.0 Å². The normalized spacial score (nSPS) is 11.3. The zero-order chi connectivity index (χ0) is 22.6. The van der Waals surface area contributed by atoms with E-state index in [0.29, 0.717) is 17.5 Å². The number of hydrogen-bond donors (Lipinski definition) is 2. The lowest BCUT2D eigenvalue weighted by molar-refractivity contribution is -0.159. The van der Waals surface area contributed by atoms with Crippen molar-refractivity contribution in [3.05, 3.63) is 29.8 Å². The molecule has 2 aromatic rings. The molecule has 0 spiro atoms. The standard InChI is InChI=1S/C19H21N5O6S/c1-2-3-8-28-18(27)22-14(10-21)17(26)29-15(25)11-31-19-24-23-16(30-19)13-6-4-12(9-20)5-7-13/h4-7,14H,2-3,8,10-11,21H2,1H3,(H,22,27). The van der Waals surface area contributed by atoms with Crippen LogP contribution in [0.15, 0.2) is 33.9 Å². The Kier molecular flexibility index (Phi) is 9.47. The van der Waals surface area contributed by atoms with E-state index < -0.39 is 24.1 Å². The zero-order valence-corrected chi connectivity index (χ0v) is 17.5. The van der Waals surface area contributed by atoms with Gasteiger partial charge < -0.3 is 24.9 Å². The summed E-state index contributed by atoms with van der Waals surface area (Å²) in [5.74, 6) is -1.93. The second kappa shape index (κ2) is 12.3. The quantitative estimate of drug-likeness (QED) is 0.235. The van der Waals surface area contributed by atoms with Crippen molar-refractivity contribution in [3.8, 4) is 17.5 Å². The molecule has 0 fully saturated rings. The van der Waals surface area contributed by atoms with Crippen molar-refractivity contribution in [1.29, 1.82) is 5.26 Å². The number of nitrogens with two attached hydrogens (primary N) is 1. The molecule has 1 heterocycles. The number of amides is 1. The fourth-order valence-corrected chi connectivity index (χ4v) is 2.65. The van der Waals surface area contributed by atoms with E-state index in [-0.39, 0.29) is 30.0 Å². The summed E-state index contributed by atoms with van der Waals surface area (Å²) in [6, 6.07) is 7.31. The number of aromatic nitrogens is 2. The molecule has 0 bridgehead atoms. The lowest BCUT2D eigenvalue weighted by Crippen LogP contribution is -2.47. The first kappa shape index (κ1) is 23.8. The Labute approximate surface area is 182 Å². The SMILES string of the molecule is CCCCOC(=O)NC(CN)C(=O)OC(=O)CSc1nnc(-c2ccc(C#N)cc2)o1. The molecule has 0 saturated carbocycles. The Bertz CT molecular complexity index is 940. The van der Waals surface area contributed by atoms with Crippen molar-refractivity contribution >= 4 is 29.8 Å². The monoisotopic (exact) mass is 447 g/mol. The summed E-state index contributed by atoms with van der Waals surface area (Å²) in [6.07, 6.45) is 0.712. The summed E-state index contributed by atoms with van der Waals surface area (Å²) in [5.41, 5.74) is 6.56. The van der Waals surface area contributed by atoms with Crippen LogP contribution < -0.4 is 11.1 Å². The van der Waals surface area contributed by atoms with E-state index in [0.717, 1.165) is 18.2 Å². The molecule has 1 atom stereocenters. The maximum absolute atomic E-state index is 12.0. The molecule has 3 N–H and O–H groups in total. The highest BCUT2D eigenvalue weighted by Crippen LogP contribution is 2.23. The molecule has 164 valence electrons. The van der Waals surface area contributed by atoms with Gasteiger partial charge in [-0.25, -0.2) is 9.59 Å². The molecule has 1 aromatic heterocycles. The maximum Gasteiger partial charge on any atom is 0.407 e. The van der Waals surface area contributed by atoms with Gasteiger partial charge in [0.15, 0.2) is 0 Å². The molecule has 0 aliphatic carbocycles. The van der Waals surface area contributed by atoms with Crippen molar-refractivity contribution in [2.75, 3.05) is 18.9 Å². The smallest absolute Gasteiger partial charge is 0.407 e. The molecule has 1 unspecified atom stereocenters. The first-order chi connectivity index (χ1) is 15.0. The van der Waals surface area contributed by atoms with E-state index in [1.54, 1.807) is 24.3 Å². The molecule has 11 nitrogen and oxygen atoms in total. The van der Waals surface area contributed by atoms with E-state index in [9.17, 15) is 14.4 Å². The van der Waals surface area contributed by atoms with Crippen LogP contribution in [0.25, 0.3) is 11.5 Å². The largest absolute Gasteiger partial charge is 0.450 e. The zero-order valence-electron chi connectivity index (χ0n) is 16.7. The summed E-state index contributed by atoms with van der Waals surface area (Å²) >= 11 is 0.878. The number of nitrogens with zero attached hydrogens (tertiary/aromatic N) is 3. The van der Waals surface area contributed by atoms with Crippen molar-refractivity contribution in [1.82, 2.24) is 15.5 Å². The van der Waals surface area contributed by atoms with E-state index in [1.165, 1.54) is 0 Å². The number of thioether (sulfide) groups is 1. The maximum atomic E-state index is 12.0. The molecule has 12 heteroatoms. The van der Waals surface area contributed by atoms with Crippen LogP contribution in [-0.4, -0.2) is 53.2 Å². The van der Waals surface area contributed by atoms with Crippen LogP contribution in [0.4, 0.5) is 4.79 Å². The highest BCUT2D eigenvalue weighted by atomic mass is 32.2. The number of unbranched alkanes of at least 4 members (excludes halogenated alkanes) is 1. The molecule has 31 heavy (non-hydrogen) atoms. The topological polar surface area (TPSA) is 170 Å². The lowest BCUT2D eigenvalue weighted by atomic mass is 10.1. The van der Waals surface area contributed by atoms with Gasteiger partial charge in [-0.2, -0.15) is 5.26 Å². The Morgan fingerprint density at radius 2 is 2.03 bits per heavy atom. The number of esters is 2. The van der Waals surface area contributed by atoms with Crippen molar-refractivity contribution in [2.45, 2.75) is 31.0 Å². The number of ether oxygens (including phenoxy) is 2. The molecule has 0 aliphatic rings. The van der Waals surface area contributed by atoms with Crippen LogP contribution in [0.5, 0.6) is 0 Å². The highest BCUT2D eigenvalue weighted by molar-refractivity contribution is 7.99. The van der Waals surface area contributed by atoms with Crippen LogP contribution in [-0.2, 0) is 19.1 Å². The van der Waals surface area contributed by atoms with Gasteiger partial charge in [-0.3, -0.25) is 4.79 Å². The molecule has 2 rings (SSSR count). The Hall–Kier alpha value is -3.43. The average Bonchev–Trinajstić information content (AvgIpc) is 3.25. The number of rotatable bonds is 10. The molecule has 1 amide bonds. The van der Waals surface area contributed by atoms with Gasteiger partial charge in [-0.05, 0) is 30.7 Å². The summed E-state index contributed by atoms with van der Waals surface area (Å²) < 4.78 is 15.0. The van der Waals surface area contributed by atoms with Gasteiger partial charge in [-0.1, -0.05) is 25.1 Å². The summed E-state index contributed by atoms with van der Waals surface area (Å²) in [4.78, 5) is 35.6. The first-order valence-electron chi connectivity index (χ1n) is 9.31. The second-order valence-corrected chi connectivity index (χ2v) is 6.99. The van der Waals surface area contributed by atoms with E-state index in [4.69, 9.17) is 24.9 Å². The Morgan fingerprint density at radius 1 is 1.29 bits per heavy atom. The number of alkyl carbamates (subject to hydrolysis) is 1. The minimum absolute atomic E-state index is 0.0942. The summed E-state index contributed by atoms with van der Waals surface area (Å²) in [5, 5.41) is 18.8. The highest BCUT2D eigenvalue weighted by Gasteiger charge is 2.24. The molecule has 1 aromatic carbocycles. The lowest BCUT2D eigenvalue weighted by Gasteiger charge is -2.14. The number of hydrogen-bond acceptors (Lipinski definition) is 11. The number of carbonyl (C=O) groups is 3. The van der Waals surface area contributed by atoms with Crippen LogP contribution in [0.1, 0.15) is 25.3 Å². The summed E-state index contributed by atoms with van der Waals surface area (Å²) in [6.45, 7) is 1.88. The third-order valence-corrected chi connectivity index (χ3v) is 4.53. The second-order valence-electron chi connectivity index (χ2n) is 6.07. The fourth-order valence-electron chi connectivity index (χ4n) is 2.11. The number of nitriles is 1. The minimum atomic E-state index is -1.21. The Morgan fingerprint density at radius 3 is 2.68 bits per heavy atom. The third-order valence-electron chi connectivity index (χ3n) is 3.74. The van der Waals surface area contributed by atoms with Crippen LogP contribution in [0.3, 0.4) is 0 Å². The molecular formula is C19H21N5O6S. The van der Waals surface area contributed by atoms with Gasteiger partial charge in [0.2, 0.25) is 5.89 Å². The first-order valence-corrected chi connectivity index (χ1v) is 10.3. The third kappa shape index (κ3) is 7.72. The minimum Gasteiger partial charge on any atom is -0.450 e.